The summed E-state index contributed by atoms with van der Waals surface area (Å²) in [4.78, 5) is 0. The SMILES string of the molecule is N#CC(=Cc1ccccc1)c1ccc(NS(=O)O)cc1. The van der Waals surface area contributed by atoms with E-state index in [4.69, 9.17) is 4.55 Å². The third kappa shape index (κ3) is 3.79. The number of nitrogens with zero attached hydrogens (tertiary/aromatic N) is 1. The molecule has 0 aliphatic rings. The molecule has 0 aromatic heterocycles. The fraction of sp³-hybridized carbons (Fsp3) is 0. The molecule has 0 bridgehead atoms. The fourth-order valence-corrected chi connectivity index (χ4v) is 2.05. The van der Waals surface area contributed by atoms with Crippen LogP contribution in [-0.4, -0.2) is 8.76 Å². The van der Waals surface area contributed by atoms with E-state index in [1.165, 1.54) is 0 Å². The van der Waals surface area contributed by atoms with Gasteiger partial charge in [-0.1, -0.05) is 42.5 Å². The van der Waals surface area contributed by atoms with Crippen LogP contribution in [0.5, 0.6) is 0 Å². The van der Waals surface area contributed by atoms with E-state index in [-0.39, 0.29) is 0 Å². The minimum atomic E-state index is -2.10. The van der Waals surface area contributed by atoms with Gasteiger partial charge >= 0.3 is 0 Å². The molecule has 2 rings (SSSR count). The maximum Gasteiger partial charge on any atom is 0.259 e. The van der Waals surface area contributed by atoms with Crippen molar-refractivity contribution in [2.75, 3.05) is 4.72 Å². The molecule has 5 heteroatoms. The summed E-state index contributed by atoms with van der Waals surface area (Å²) in [6, 6.07) is 18.5. The Hall–Kier alpha value is -2.42. The number of benzene rings is 2. The van der Waals surface area contributed by atoms with Crippen molar-refractivity contribution in [2.45, 2.75) is 0 Å². The zero-order chi connectivity index (χ0) is 14.4. The van der Waals surface area contributed by atoms with Crippen LogP contribution in [0.15, 0.2) is 54.6 Å². The van der Waals surface area contributed by atoms with E-state index in [9.17, 15) is 9.47 Å². The first-order valence-corrected chi connectivity index (χ1v) is 6.94. The maximum absolute atomic E-state index is 10.6. The molecular weight excluding hydrogens is 272 g/mol. The van der Waals surface area contributed by atoms with Gasteiger partial charge in [-0.3, -0.25) is 9.27 Å². The first kappa shape index (κ1) is 14.0. The zero-order valence-corrected chi connectivity index (χ0v) is 11.3. The minimum absolute atomic E-state index is 0.520. The van der Waals surface area contributed by atoms with Gasteiger partial charge in [-0.15, -0.1) is 0 Å². The number of rotatable bonds is 4. The van der Waals surface area contributed by atoms with Crippen LogP contribution in [0.2, 0.25) is 0 Å². The van der Waals surface area contributed by atoms with Gasteiger partial charge in [-0.2, -0.15) is 5.26 Å². The topological polar surface area (TPSA) is 73.1 Å². The van der Waals surface area contributed by atoms with Crippen molar-refractivity contribution in [1.82, 2.24) is 0 Å². The fourth-order valence-electron chi connectivity index (χ4n) is 1.71. The Kier molecular flexibility index (Phi) is 4.66. The maximum atomic E-state index is 10.6. The van der Waals surface area contributed by atoms with E-state index in [1.807, 2.05) is 30.3 Å². The van der Waals surface area contributed by atoms with Gasteiger partial charge in [0.25, 0.3) is 11.3 Å². The largest absolute Gasteiger partial charge is 0.289 e. The van der Waals surface area contributed by atoms with Crippen LogP contribution in [0.4, 0.5) is 5.69 Å². The van der Waals surface area contributed by atoms with Gasteiger partial charge in [-0.05, 0) is 29.3 Å². The minimum Gasteiger partial charge on any atom is -0.289 e. The molecule has 0 radical (unpaired) electrons. The standard InChI is InChI=1S/C15H12N2O2S/c16-11-14(10-12-4-2-1-3-5-12)13-6-8-15(9-7-13)17-20(18)19/h1-10,17H,(H,18,19). The Morgan fingerprint density at radius 1 is 1.15 bits per heavy atom. The quantitative estimate of drug-likeness (QED) is 0.514. The Morgan fingerprint density at radius 2 is 1.80 bits per heavy atom. The number of hydrogen-bond donors (Lipinski definition) is 2. The monoisotopic (exact) mass is 284 g/mol. The molecular formula is C15H12N2O2S. The van der Waals surface area contributed by atoms with E-state index in [0.717, 1.165) is 11.1 Å². The van der Waals surface area contributed by atoms with Crippen LogP contribution in [-0.2, 0) is 11.3 Å². The van der Waals surface area contributed by atoms with Crippen LogP contribution in [0.1, 0.15) is 11.1 Å². The molecule has 1 unspecified atom stereocenters. The summed E-state index contributed by atoms with van der Waals surface area (Å²) in [6.07, 6.45) is 1.80. The molecule has 100 valence electrons. The van der Waals surface area contributed by atoms with Gasteiger partial charge in [0, 0.05) is 5.69 Å². The highest BCUT2D eigenvalue weighted by Crippen LogP contribution is 2.19. The second kappa shape index (κ2) is 6.66. The molecule has 2 aromatic rings. The Bertz CT molecular complexity index is 673. The summed E-state index contributed by atoms with van der Waals surface area (Å²) in [5, 5.41) is 9.23. The molecule has 0 amide bonds. The van der Waals surface area contributed by atoms with Crippen molar-refractivity contribution < 1.29 is 8.76 Å². The van der Waals surface area contributed by atoms with Crippen LogP contribution >= 0.6 is 0 Å². The highest BCUT2D eigenvalue weighted by Gasteiger charge is 2.02. The summed E-state index contributed by atoms with van der Waals surface area (Å²) in [5.74, 6) is 0. The van der Waals surface area contributed by atoms with E-state index < -0.39 is 11.3 Å². The molecule has 0 saturated carbocycles. The second-order valence-corrected chi connectivity index (χ2v) is 4.71. The van der Waals surface area contributed by atoms with Crippen molar-refractivity contribution >= 4 is 28.6 Å². The predicted octanol–water partition coefficient (Wildman–Crippen LogP) is 3.30. The Balaban J connectivity index is 2.27. The predicted molar refractivity (Wildman–Crippen MR) is 80.8 cm³/mol. The summed E-state index contributed by atoms with van der Waals surface area (Å²) < 4.78 is 21.7. The van der Waals surface area contributed by atoms with Crippen molar-refractivity contribution in [3.8, 4) is 6.07 Å². The molecule has 0 aliphatic heterocycles. The van der Waals surface area contributed by atoms with Crippen molar-refractivity contribution in [1.29, 1.82) is 5.26 Å². The first-order valence-electron chi connectivity index (χ1n) is 5.84. The molecule has 1 atom stereocenters. The molecule has 4 nitrogen and oxygen atoms in total. The van der Waals surface area contributed by atoms with Crippen LogP contribution in [0.25, 0.3) is 11.6 Å². The summed E-state index contributed by atoms with van der Waals surface area (Å²) in [6.45, 7) is 0. The van der Waals surface area contributed by atoms with Crippen LogP contribution in [0.3, 0.4) is 0 Å². The van der Waals surface area contributed by atoms with Crippen molar-refractivity contribution in [3.63, 3.8) is 0 Å². The third-order valence-electron chi connectivity index (χ3n) is 2.63. The van der Waals surface area contributed by atoms with Crippen molar-refractivity contribution in [3.05, 3.63) is 65.7 Å². The third-order valence-corrected chi connectivity index (χ3v) is 3.04. The number of allylic oxidation sites excluding steroid dienone is 1. The lowest BCUT2D eigenvalue weighted by Gasteiger charge is -2.03. The molecule has 2 aromatic carbocycles. The van der Waals surface area contributed by atoms with E-state index >= 15 is 0 Å². The highest BCUT2D eigenvalue weighted by molar-refractivity contribution is 7.80. The lowest BCUT2D eigenvalue weighted by Crippen LogP contribution is -2.01. The number of nitrogens with one attached hydrogen (secondary N) is 1. The number of nitriles is 1. The zero-order valence-electron chi connectivity index (χ0n) is 10.5. The van der Waals surface area contributed by atoms with Gasteiger partial charge in [0.15, 0.2) is 0 Å². The summed E-state index contributed by atoms with van der Waals surface area (Å²) in [7, 11) is 0. The normalized spacial score (nSPS) is 12.5. The van der Waals surface area contributed by atoms with Gasteiger partial charge in [0.05, 0.1) is 11.6 Å². The molecule has 0 fully saturated rings. The van der Waals surface area contributed by atoms with Gasteiger partial charge in [-0.25, -0.2) is 4.21 Å². The molecule has 0 heterocycles. The van der Waals surface area contributed by atoms with Crippen LogP contribution < -0.4 is 4.72 Å². The second-order valence-electron chi connectivity index (χ2n) is 4.01. The van der Waals surface area contributed by atoms with Gasteiger partial charge in [0.1, 0.15) is 0 Å². The lowest BCUT2D eigenvalue weighted by molar-refractivity contribution is 0.570. The highest BCUT2D eigenvalue weighted by atomic mass is 32.2. The van der Waals surface area contributed by atoms with E-state index in [2.05, 4.69) is 10.8 Å². The lowest BCUT2D eigenvalue weighted by atomic mass is 10.0. The molecule has 2 N–H and O–H groups in total. The molecule has 0 spiro atoms. The van der Waals surface area contributed by atoms with Crippen molar-refractivity contribution in [2.24, 2.45) is 0 Å². The Labute approximate surface area is 119 Å². The van der Waals surface area contributed by atoms with Crippen LogP contribution in [0, 0.1) is 11.3 Å². The van der Waals surface area contributed by atoms with E-state index in [1.54, 1.807) is 30.3 Å². The van der Waals surface area contributed by atoms with E-state index in [0.29, 0.717) is 11.3 Å². The average molecular weight is 284 g/mol. The summed E-state index contributed by atoms with van der Waals surface area (Å²) >= 11 is -2.10. The molecule has 20 heavy (non-hydrogen) atoms. The number of anilines is 1. The average Bonchev–Trinajstić information content (AvgIpc) is 2.46. The molecule has 0 aliphatic carbocycles. The molecule has 0 saturated heterocycles. The Morgan fingerprint density at radius 3 is 2.35 bits per heavy atom. The van der Waals surface area contributed by atoms with Gasteiger partial charge in [0.2, 0.25) is 0 Å². The summed E-state index contributed by atoms with van der Waals surface area (Å²) in [5.41, 5.74) is 2.76. The first-order chi connectivity index (χ1) is 9.69. The smallest absolute Gasteiger partial charge is 0.259 e. The van der Waals surface area contributed by atoms with Gasteiger partial charge < -0.3 is 0 Å². The number of hydrogen-bond acceptors (Lipinski definition) is 2.